The largest absolute Gasteiger partial charge is 0.480 e. The minimum atomic E-state index is -0.641. The Hall–Kier alpha value is -0.610. The number of carbonyl (C=O) groups is 1. The van der Waals surface area contributed by atoms with E-state index in [2.05, 4.69) is 4.90 Å². The van der Waals surface area contributed by atoms with E-state index in [1.54, 1.807) is 0 Å². The first-order chi connectivity index (χ1) is 7.72. The van der Waals surface area contributed by atoms with E-state index in [4.69, 9.17) is 4.74 Å². The topological polar surface area (TPSA) is 49.8 Å². The monoisotopic (exact) mass is 227 g/mol. The fraction of sp³-hybridized carbons (Fsp3) is 0.917. The summed E-state index contributed by atoms with van der Waals surface area (Å²) < 4.78 is 5.57. The average molecular weight is 227 g/mol. The van der Waals surface area contributed by atoms with Crippen LogP contribution in [-0.2, 0) is 9.53 Å². The second kappa shape index (κ2) is 5.15. The van der Waals surface area contributed by atoms with Gasteiger partial charge in [-0.25, -0.2) is 0 Å². The molecule has 0 amide bonds. The van der Waals surface area contributed by atoms with Gasteiger partial charge in [-0.3, -0.25) is 9.69 Å². The van der Waals surface area contributed by atoms with Gasteiger partial charge in [0.1, 0.15) is 6.04 Å². The predicted molar refractivity (Wildman–Crippen MR) is 60.4 cm³/mol. The number of carboxylic acid groups (broad SMARTS) is 1. The lowest BCUT2D eigenvalue weighted by Crippen LogP contribution is -2.48. The van der Waals surface area contributed by atoms with Crippen molar-refractivity contribution in [3.63, 3.8) is 0 Å². The van der Waals surface area contributed by atoms with Gasteiger partial charge >= 0.3 is 5.97 Å². The highest BCUT2D eigenvalue weighted by molar-refractivity contribution is 5.74. The van der Waals surface area contributed by atoms with Crippen molar-refractivity contribution in [3.8, 4) is 0 Å². The number of hydrogen-bond acceptors (Lipinski definition) is 3. The van der Waals surface area contributed by atoms with Crippen LogP contribution in [0.3, 0.4) is 0 Å². The molecule has 2 aliphatic rings. The molecule has 16 heavy (non-hydrogen) atoms. The summed E-state index contributed by atoms with van der Waals surface area (Å²) >= 11 is 0. The quantitative estimate of drug-likeness (QED) is 0.770. The molecule has 92 valence electrons. The molecular formula is C12H21NO3. The first-order valence-electron chi connectivity index (χ1n) is 6.30. The molecule has 0 aromatic rings. The molecule has 0 bridgehead atoms. The number of aliphatic carboxylic acids is 1. The van der Waals surface area contributed by atoms with Crippen LogP contribution in [0.5, 0.6) is 0 Å². The first kappa shape index (κ1) is 11.9. The van der Waals surface area contributed by atoms with Gasteiger partial charge in [-0.15, -0.1) is 0 Å². The molecule has 1 aliphatic heterocycles. The van der Waals surface area contributed by atoms with E-state index in [1.165, 1.54) is 0 Å². The molecule has 1 saturated heterocycles. The van der Waals surface area contributed by atoms with Crippen LogP contribution < -0.4 is 0 Å². The lowest BCUT2D eigenvalue weighted by Gasteiger charge is -2.35. The minimum absolute atomic E-state index is 0.234. The molecule has 0 spiro atoms. The molecule has 1 N–H and O–H groups in total. The van der Waals surface area contributed by atoms with Crippen LogP contribution in [0.2, 0.25) is 0 Å². The third-order valence-electron chi connectivity index (χ3n) is 3.59. The van der Waals surface area contributed by atoms with Gasteiger partial charge in [-0.2, -0.15) is 0 Å². The Balaban J connectivity index is 1.84. The van der Waals surface area contributed by atoms with Crippen molar-refractivity contribution >= 4 is 5.97 Å². The second-order valence-electron chi connectivity index (χ2n) is 4.81. The van der Waals surface area contributed by atoms with Crippen molar-refractivity contribution in [2.24, 2.45) is 5.92 Å². The number of likely N-dealkylation sites (tertiary alicyclic amines) is 1. The number of nitrogens with zero attached hydrogens (tertiary/aromatic N) is 1. The van der Waals surface area contributed by atoms with E-state index >= 15 is 0 Å². The summed E-state index contributed by atoms with van der Waals surface area (Å²) in [5, 5.41) is 9.23. The van der Waals surface area contributed by atoms with Gasteiger partial charge in [-0.05, 0) is 38.5 Å². The highest BCUT2D eigenvalue weighted by atomic mass is 16.5. The summed E-state index contributed by atoms with van der Waals surface area (Å²) in [6, 6.07) is -0.234. The maximum absolute atomic E-state index is 11.2. The Labute approximate surface area is 96.6 Å². The van der Waals surface area contributed by atoms with Crippen molar-refractivity contribution in [2.75, 3.05) is 19.7 Å². The zero-order valence-electron chi connectivity index (χ0n) is 9.89. The Morgan fingerprint density at radius 1 is 1.38 bits per heavy atom. The van der Waals surface area contributed by atoms with Crippen LogP contribution in [0.15, 0.2) is 0 Å². The van der Waals surface area contributed by atoms with E-state index < -0.39 is 5.97 Å². The van der Waals surface area contributed by atoms with Crippen LogP contribution in [-0.4, -0.2) is 47.8 Å². The summed E-state index contributed by atoms with van der Waals surface area (Å²) in [5.41, 5.74) is 0. The second-order valence-corrected chi connectivity index (χ2v) is 4.81. The van der Waals surface area contributed by atoms with Crippen LogP contribution in [0.25, 0.3) is 0 Å². The summed E-state index contributed by atoms with van der Waals surface area (Å²) in [5.74, 6) is -0.237. The van der Waals surface area contributed by atoms with Crippen LogP contribution in [0, 0.1) is 5.92 Å². The van der Waals surface area contributed by atoms with Gasteiger partial charge in [0.05, 0.1) is 6.10 Å². The van der Waals surface area contributed by atoms with Crippen LogP contribution >= 0.6 is 0 Å². The molecule has 0 aromatic carbocycles. The van der Waals surface area contributed by atoms with Gasteiger partial charge in [0, 0.05) is 19.7 Å². The Kier molecular flexibility index (Phi) is 3.82. The smallest absolute Gasteiger partial charge is 0.321 e. The van der Waals surface area contributed by atoms with Crippen molar-refractivity contribution < 1.29 is 14.6 Å². The van der Waals surface area contributed by atoms with Crippen molar-refractivity contribution in [3.05, 3.63) is 0 Å². The number of piperidine rings is 1. The van der Waals surface area contributed by atoms with E-state index in [1.807, 2.05) is 6.92 Å². The van der Waals surface area contributed by atoms with Crippen molar-refractivity contribution in [1.29, 1.82) is 0 Å². The van der Waals surface area contributed by atoms with E-state index in [9.17, 15) is 9.90 Å². The van der Waals surface area contributed by atoms with Crippen molar-refractivity contribution in [1.82, 2.24) is 4.90 Å². The van der Waals surface area contributed by atoms with E-state index in [0.29, 0.717) is 12.0 Å². The summed E-state index contributed by atoms with van der Waals surface area (Å²) in [7, 11) is 0. The lowest BCUT2D eigenvalue weighted by molar-refractivity contribution is -0.145. The molecule has 1 aliphatic carbocycles. The lowest BCUT2D eigenvalue weighted by atomic mass is 10.0. The average Bonchev–Trinajstić information content (AvgIpc) is 3.05. The Bertz CT molecular complexity index is 245. The molecule has 0 radical (unpaired) electrons. The normalized spacial score (nSPS) is 25.6. The minimum Gasteiger partial charge on any atom is -0.480 e. The van der Waals surface area contributed by atoms with Gasteiger partial charge in [0.2, 0.25) is 0 Å². The molecule has 1 unspecified atom stereocenters. The fourth-order valence-electron chi connectivity index (χ4n) is 2.62. The van der Waals surface area contributed by atoms with Gasteiger partial charge in [0.25, 0.3) is 0 Å². The molecule has 2 fully saturated rings. The highest BCUT2D eigenvalue weighted by Crippen LogP contribution is 2.36. The Morgan fingerprint density at radius 2 is 2.00 bits per heavy atom. The SMILES string of the molecule is CCOC1CCN(C(C(=O)O)C2CC2)CC1. The molecular weight excluding hydrogens is 206 g/mol. The maximum Gasteiger partial charge on any atom is 0.321 e. The molecule has 2 rings (SSSR count). The maximum atomic E-state index is 11.2. The molecule has 1 heterocycles. The summed E-state index contributed by atoms with van der Waals surface area (Å²) in [4.78, 5) is 13.3. The molecule has 0 aromatic heterocycles. The standard InChI is InChI=1S/C12H21NO3/c1-2-16-10-5-7-13(8-6-10)11(12(14)15)9-3-4-9/h9-11H,2-8H2,1H3,(H,14,15). The van der Waals surface area contributed by atoms with E-state index in [0.717, 1.165) is 45.4 Å². The highest BCUT2D eigenvalue weighted by Gasteiger charge is 2.41. The van der Waals surface area contributed by atoms with Crippen LogP contribution in [0.1, 0.15) is 32.6 Å². The number of carboxylic acids is 1. The number of rotatable bonds is 5. The number of hydrogen-bond donors (Lipinski definition) is 1. The molecule has 4 heteroatoms. The number of ether oxygens (including phenoxy) is 1. The fourth-order valence-corrected chi connectivity index (χ4v) is 2.62. The third-order valence-corrected chi connectivity index (χ3v) is 3.59. The molecule has 1 saturated carbocycles. The van der Waals surface area contributed by atoms with Crippen molar-refractivity contribution in [2.45, 2.75) is 44.8 Å². The zero-order chi connectivity index (χ0) is 11.5. The molecule has 4 nitrogen and oxygen atoms in total. The predicted octanol–water partition coefficient (Wildman–Crippen LogP) is 1.35. The zero-order valence-corrected chi connectivity index (χ0v) is 9.89. The van der Waals surface area contributed by atoms with E-state index in [-0.39, 0.29) is 6.04 Å². The van der Waals surface area contributed by atoms with Gasteiger partial charge in [-0.1, -0.05) is 0 Å². The summed E-state index contributed by atoms with van der Waals surface area (Å²) in [6.45, 7) is 4.52. The first-order valence-corrected chi connectivity index (χ1v) is 6.30. The van der Waals surface area contributed by atoms with Gasteiger partial charge < -0.3 is 9.84 Å². The Morgan fingerprint density at radius 3 is 2.44 bits per heavy atom. The van der Waals surface area contributed by atoms with Crippen LogP contribution in [0.4, 0.5) is 0 Å². The van der Waals surface area contributed by atoms with Gasteiger partial charge in [0.15, 0.2) is 0 Å². The third kappa shape index (κ3) is 2.74. The molecule has 1 atom stereocenters. The summed E-state index contributed by atoms with van der Waals surface area (Å²) in [6.07, 6.45) is 4.47.